The molecule has 1 aromatic carbocycles. The number of hydrogen-bond acceptors (Lipinski definition) is 2. The van der Waals surface area contributed by atoms with E-state index >= 15 is 0 Å². The van der Waals surface area contributed by atoms with Crippen molar-refractivity contribution in [3.8, 4) is 0 Å². The first-order valence-electron chi connectivity index (χ1n) is 8.39. The summed E-state index contributed by atoms with van der Waals surface area (Å²) in [5, 5.41) is 3.39. The van der Waals surface area contributed by atoms with Gasteiger partial charge in [-0.3, -0.25) is 4.79 Å². The van der Waals surface area contributed by atoms with E-state index in [1.54, 1.807) is 0 Å². The summed E-state index contributed by atoms with van der Waals surface area (Å²) in [6, 6.07) is 10.2. The van der Waals surface area contributed by atoms with Crippen molar-refractivity contribution >= 4 is 24.0 Å². The molecule has 1 aromatic rings. The first-order chi connectivity index (χ1) is 10.3. The Labute approximate surface area is 139 Å². The van der Waals surface area contributed by atoms with Gasteiger partial charge in [-0.1, -0.05) is 18.2 Å². The second-order valence-electron chi connectivity index (χ2n) is 6.52. The largest absolute Gasteiger partial charge is 0.317 e. The molecule has 1 saturated heterocycles. The summed E-state index contributed by atoms with van der Waals surface area (Å²) >= 11 is 0. The maximum absolute atomic E-state index is 12.7. The van der Waals surface area contributed by atoms with Crippen LogP contribution in [0.2, 0.25) is 0 Å². The van der Waals surface area contributed by atoms with Crippen molar-refractivity contribution in [2.45, 2.75) is 38.5 Å². The standard InChI is InChI=1S/C18H26N2O.ClH/c21-18(9-8-15-10-12-19-13-11-15)20(14-16-6-7-16)17-4-2-1-3-5-17;/h1-5,15-16,19H,6-14H2;1H. The molecule has 4 heteroatoms. The van der Waals surface area contributed by atoms with Gasteiger partial charge in [-0.2, -0.15) is 0 Å². The smallest absolute Gasteiger partial charge is 0.226 e. The Morgan fingerprint density at radius 3 is 2.36 bits per heavy atom. The number of para-hydroxylation sites is 1. The Hall–Kier alpha value is -1.06. The minimum Gasteiger partial charge on any atom is -0.317 e. The maximum atomic E-state index is 12.7. The molecule has 0 bridgehead atoms. The normalized spacial score (nSPS) is 18.5. The van der Waals surface area contributed by atoms with E-state index in [2.05, 4.69) is 17.4 Å². The van der Waals surface area contributed by atoms with Crippen LogP contribution in [0.5, 0.6) is 0 Å². The van der Waals surface area contributed by atoms with E-state index in [-0.39, 0.29) is 12.4 Å². The summed E-state index contributed by atoms with van der Waals surface area (Å²) in [6.45, 7) is 3.14. The van der Waals surface area contributed by atoms with Crippen LogP contribution in [0.15, 0.2) is 30.3 Å². The Kier molecular flexibility index (Phi) is 6.71. The van der Waals surface area contributed by atoms with E-state index in [4.69, 9.17) is 0 Å². The van der Waals surface area contributed by atoms with Crippen LogP contribution in [-0.2, 0) is 4.79 Å². The van der Waals surface area contributed by atoms with Crippen LogP contribution in [0.3, 0.4) is 0 Å². The van der Waals surface area contributed by atoms with Crippen molar-refractivity contribution in [3.63, 3.8) is 0 Å². The molecule has 3 nitrogen and oxygen atoms in total. The third kappa shape index (κ3) is 4.99. The molecule has 0 unspecified atom stereocenters. The number of piperidine rings is 1. The van der Waals surface area contributed by atoms with Gasteiger partial charge in [0.25, 0.3) is 0 Å². The fourth-order valence-corrected chi connectivity index (χ4v) is 3.15. The third-order valence-corrected chi connectivity index (χ3v) is 4.73. The van der Waals surface area contributed by atoms with E-state index in [1.165, 1.54) is 25.7 Å². The van der Waals surface area contributed by atoms with Crippen LogP contribution >= 0.6 is 12.4 Å². The lowest BCUT2D eigenvalue weighted by Crippen LogP contribution is -2.34. The maximum Gasteiger partial charge on any atom is 0.226 e. The van der Waals surface area contributed by atoms with Crippen molar-refractivity contribution in [2.75, 3.05) is 24.5 Å². The van der Waals surface area contributed by atoms with Crippen LogP contribution in [-0.4, -0.2) is 25.5 Å². The van der Waals surface area contributed by atoms with Crippen molar-refractivity contribution in [1.29, 1.82) is 0 Å². The molecule has 0 spiro atoms. The summed E-state index contributed by atoms with van der Waals surface area (Å²) in [5.41, 5.74) is 1.07. The molecule has 122 valence electrons. The van der Waals surface area contributed by atoms with Crippen molar-refractivity contribution < 1.29 is 4.79 Å². The zero-order valence-electron chi connectivity index (χ0n) is 13.2. The molecule has 1 amide bonds. The molecular weight excluding hydrogens is 296 g/mol. The molecule has 0 radical (unpaired) electrons. The van der Waals surface area contributed by atoms with Gasteiger partial charge >= 0.3 is 0 Å². The van der Waals surface area contributed by atoms with Crippen LogP contribution in [0.4, 0.5) is 5.69 Å². The SMILES string of the molecule is Cl.O=C(CCC1CCNCC1)N(CC1CC1)c1ccccc1. The Bertz CT molecular complexity index is 455. The molecule has 3 rings (SSSR count). The average molecular weight is 323 g/mol. The van der Waals surface area contributed by atoms with Gasteiger partial charge in [0, 0.05) is 18.7 Å². The summed E-state index contributed by atoms with van der Waals surface area (Å²) in [4.78, 5) is 14.7. The fourth-order valence-electron chi connectivity index (χ4n) is 3.15. The number of halogens is 1. The zero-order chi connectivity index (χ0) is 14.5. The predicted octanol–water partition coefficient (Wildman–Crippen LogP) is 3.63. The highest BCUT2D eigenvalue weighted by Gasteiger charge is 2.27. The second kappa shape index (κ2) is 8.54. The number of carbonyl (C=O) groups is 1. The van der Waals surface area contributed by atoms with Gasteiger partial charge in [-0.25, -0.2) is 0 Å². The number of anilines is 1. The lowest BCUT2D eigenvalue weighted by atomic mass is 9.93. The number of nitrogens with one attached hydrogen (secondary N) is 1. The zero-order valence-corrected chi connectivity index (χ0v) is 14.0. The van der Waals surface area contributed by atoms with Gasteiger partial charge in [0.2, 0.25) is 5.91 Å². The van der Waals surface area contributed by atoms with E-state index in [0.717, 1.165) is 43.6 Å². The number of nitrogens with zero attached hydrogens (tertiary/aromatic N) is 1. The Balaban J connectivity index is 0.00000176. The quantitative estimate of drug-likeness (QED) is 0.867. The number of carbonyl (C=O) groups excluding carboxylic acids is 1. The summed E-state index contributed by atoms with van der Waals surface area (Å²) in [6.07, 6.45) is 6.76. The van der Waals surface area contributed by atoms with Gasteiger partial charge in [-0.05, 0) is 69.2 Å². The fraction of sp³-hybridized carbons (Fsp3) is 0.611. The molecule has 2 fully saturated rings. The first-order valence-corrected chi connectivity index (χ1v) is 8.39. The van der Waals surface area contributed by atoms with Crippen molar-refractivity contribution in [1.82, 2.24) is 5.32 Å². The van der Waals surface area contributed by atoms with E-state index in [9.17, 15) is 4.79 Å². The van der Waals surface area contributed by atoms with Crippen LogP contribution < -0.4 is 10.2 Å². The van der Waals surface area contributed by atoms with Crippen LogP contribution in [0, 0.1) is 11.8 Å². The minimum atomic E-state index is 0. The lowest BCUT2D eigenvalue weighted by molar-refractivity contribution is -0.119. The van der Waals surface area contributed by atoms with Gasteiger partial charge in [-0.15, -0.1) is 12.4 Å². The van der Waals surface area contributed by atoms with Gasteiger partial charge in [0.1, 0.15) is 0 Å². The lowest BCUT2D eigenvalue weighted by Gasteiger charge is -2.26. The monoisotopic (exact) mass is 322 g/mol. The number of amides is 1. The molecule has 0 aromatic heterocycles. The summed E-state index contributed by atoms with van der Waals surface area (Å²) < 4.78 is 0. The topological polar surface area (TPSA) is 32.3 Å². The molecule has 0 atom stereocenters. The molecule has 1 aliphatic heterocycles. The average Bonchev–Trinajstić information content (AvgIpc) is 3.36. The molecular formula is C18H27ClN2O. The third-order valence-electron chi connectivity index (χ3n) is 4.73. The molecule has 2 aliphatic rings. The molecule has 1 aliphatic carbocycles. The predicted molar refractivity (Wildman–Crippen MR) is 93.6 cm³/mol. The Morgan fingerprint density at radius 2 is 1.73 bits per heavy atom. The number of rotatable bonds is 6. The summed E-state index contributed by atoms with van der Waals surface area (Å²) in [7, 11) is 0. The molecule has 1 N–H and O–H groups in total. The van der Waals surface area contributed by atoms with Gasteiger partial charge in [0.15, 0.2) is 0 Å². The Morgan fingerprint density at radius 1 is 1.05 bits per heavy atom. The van der Waals surface area contributed by atoms with Gasteiger partial charge < -0.3 is 10.2 Å². The summed E-state index contributed by atoms with van der Waals surface area (Å²) in [5.74, 6) is 1.77. The molecule has 1 heterocycles. The van der Waals surface area contributed by atoms with E-state index in [1.807, 2.05) is 23.1 Å². The molecule has 1 saturated carbocycles. The van der Waals surface area contributed by atoms with Crippen molar-refractivity contribution in [2.24, 2.45) is 11.8 Å². The van der Waals surface area contributed by atoms with E-state index < -0.39 is 0 Å². The highest BCUT2D eigenvalue weighted by molar-refractivity contribution is 5.93. The van der Waals surface area contributed by atoms with Gasteiger partial charge in [0.05, 0.1) is 0 Å². The second-order valence-corrected chi connectivity index (χ2v) is 6.52. The van der Waals surface area contributed by atoms with Crippen LogP contribution in [0.25, 0.3) is 0 Å². The number of benzene rings is 1. The first kappa shape index (κ1) is 17.3. The minimum absolute atomic E-state index is 0. The highest BCUT2D eigenvalue weighted by Crippen LogP contribution is 2.32. The molecule has 22 heavy (non-hydrogen) atoms. The van der Waals surface area contributed by atoms with Crippen molar-refractivity contribution in [3.05, 3.63) is 30.3 Å². The van der Waals surface area contributed by atoms with E-state index in [0.29, 0.717) is 12.3 Å². The van der Waals surface area contributed by atoms with Crippen LogP contribution in [0.1, 0.15) is 38.5 Å². The number of hydrogen-bond donors (Lipinski definition) is 1. The highest BCUT2D eigenvalue weighted by atomic mass is 35.5.